The minimum Gasteiger partial charge on any atom is -0.206 e. The third-order valence-electron chi connectivity index (χ3n) is 6.02. The van der Waals surface area contributed by atoms with Gasteiger partial charge in [-0.25, -0.2) is 8.78 Å². The molecule has 0 saturated heterocycles. The second-order valence-corrected chi connectivity index (χ2v) is 7.47. The van der Waals surface area contributed by atoms with Crippen LogP contribution in [0.1, 0.15) is 0 Å². The Morgan fingerprint density at radius 1 is 0.290 bits per heavy atom. The predicted octanol–water partition coefficient (Wildman–Crippen LogP) is 6.21. The fraction of sp³-hybridized carbons (Fsp3) is 1.00. The van der Waals surface area contributed by atoms with Crippen molar-refractivity contribution in [1.29, 1.82) is 0 Å². The van der Waals surface area contributed by atoms with Gasteiger partial charge < -0.3 is 0 Å². The molecule has 0 aromatic heterocycles. The van der Waals surface area contributed by atoms with Crippen LogP contribution in [-0.2, 0) is 0 Å². The van der Waals surface area contributed by atoms with Crippen molar-refractivity contribution in [2.45, 2.75) is 53.3 Å². The van der Waals surface area contributed by atoms with Crippen molar-refractivity contribution in [3.05, 3.63) is 0 Å². The number of rotatable bonds is 0. The van der Waals surface area contributed by atoms with Crippen molar-refractivity contribution >= 4 is 0 Å². The summed E-state index contributed by atoms with van der Waals surface area (Å²) in [4.78, 5) is 0. The Labute approximate surface area is 157 Å². The molecule has 4 unspecified atom stereocenters. The average molecular weight is 502 g/mol. The second-order valence-electron chi connectivity index (χ2n) is 7.47. The lowest BCUT2D eigenvalue weighted by Crippen LogP contribution is -2.76. The van der Waals surface area contributed by atoms with Gasteiger partial charge in [-0.3, -0.25) is 0 Å². The normalized spacial score (nSPS) is 43.5. The van der Waals surface area contributed by atoms with Crippen molar-refractivity contribution in [3.8, 4) is 0 Å². The standard InChI is InChI=1S/C13H4F18/c14-5(15)3-1(6(16,17)10(24,25)12(28,29)8(3,20)21)2-4(5)9(22,23)13(30,31)11(26,27)7(2,18)19/h1-4H. The average Bonchev–Trinajstić information content (AvgIpc) is 2.81. The first-order valence-electron chi connectivity index (χ1n) is 7.63. The molecule has 4 atom stereocenters. The molecule has 0 heterocycles. The molecule has 0 radical (unpaired) electrons. The summed E-state index contributed by atoms with van der Waals surface area (Å²) < 4.78 is 248. The summed E-state index contributed by atoms with van der Waals surface area (Å²) in [5.74, 6) is -87.4. The number of halogens is 18. The van der Waals surface area contributed by atoms with Gasteiger partial charge >= 0.3 is 47.4 Å². The first-order valence-corrected chi connectivity index (χ1v) is 7.63. The lowest BCUT2D eigenvalue weighted by molar-refractivity contribution is -0.447. The van der Waals surface area contributed by atoms with Gasteiger partial charge in [0, 0.05) is 0 Å². The van der Waals surface area contributed by atoms with Crippen LogP contribution in [0.3, 0.4) is 0 Å². The predicted molar refractivity (Wildman–Crippen MR) is 58.5 cm³/mol. The van der Waals surface area contributed by atoms with Crippen LogP contribution in [0.2, 0.25) is 0 Å². The van der Waals surface area contributed by atoms with Crippen LogP contribution in [0, 0.1) is 23.7 Å². The molecule has 3 aliphatic carbocycles. The van der Waals surface area contributed by atoms with Gasteiger partial charge in [-0.2, -0.15) is 70.2 Å². The first kappa shape index (κ1) is 24.4. The van der Waals surface area contributed by atoms with E-state index in [1.165, 1.54) is 0 Å². The number of hydrogen-bond acceptors (Lipinski definition) is 0. The van der Waals surface area contributed by atoms with Gasteiger partial charge in [-0.05, 0) is 0 Å². The Hall–Kier alpha value is -1.26. The van der Waals surface area contributed by atoms with E-state index in [-0.39, 0.29) is 0 Å². The molecule has 3 rings (SSSR count). The molecule has 0 aromatic rings. The molecular weight excluding hydrogens is 498 g/mol. The van der Waals surface area contributed by atoms with Crippen molar-refractivity contribution in [2.75, 3.05) is 0 Å². The van der Waals surface area contributed by atoms with E-state index in [1.807, 2.05) is 0 Å². The van der Waals surface area contributed by atoms with Gasteiger partial charge in [-0.1, -0.05) is 0 Å². The Bertz CT molecular complexity index is 728. The highest BCUT2D eigenvalue weighted by molar-refractivity contribution is 5.30. The van der Waals surface area contributed by atoms with Crippen molar-refractivity contribution in [2.24, 2.45) is 23.7 Å². The van der Waals surface area contributed by atoms with E-state index in [0.717, 1.165) is 0 Å². The van der Waals surface area contributed by atoms with Gasteiger partial charge in [0.05, 0.1) is 11.8 Å². The first-order chi connectivity index (χ1) is 13.2. The van der Waals surface area contributed by atoms with Crippen molar-refractivity contribution in [3.63, 3.8) is 0 Å². The Kier molecular flexibility index (Phi) is 4.15. The molecule has 18 heteroatoms. The van der Waals surface area contributed by atoms with Crippen LogP contribution >= 0.6 is 0 Å². The lowest BCUT2D eigenvalue weighted by Gasteiger charge is -2.52. The fourth-order valence-electron chi connectivity index (χ4n) is 4.54. The zero-order valence-corrected chi connectivity index (χ0v) is 13.6. The third-order valence-corrected chi connectivity index (χ3v) is 6.02. The summed E-state index contributed by atoms with van der Waals surface area (Å²) in [5, 5.41) is 0. The Balaban J connectivity index is 2.47. The Morgan fingerprint density at radius 2 is 0.484 bits per heavy atom. The molecule has 0 nitrogen and oxygen atoms in total. The van der Waals surface area contributed by atoms with Gasteiger partial charge in [0.25, 0.3) is 5.92 Å². The number of hydrogen-bond donors (Lipinski definition) is 0. The van der Waals surface area contributed by atoms with Gasteiger partial charge in [0.15, 0.2) is 0 Å². The van der Waals surface area contributed by atoms with E-state index in [1.54, 1.807) is 0 Å². The van der Waals surface area contributed by atoms with Crippen molar-refractivity contribution in [1.82, 2.24) is 0 Å². The van der Waals surface area contributed by atoms with Gasteiger partial charge in [0.2, 0.25) is 0 Å². The summed E-state index contributed by atoms with van der Waals surface area (Å²) in [6.45, 7) is 0. The zero-order chi connectivity index (χ0) is 24.8. The van der Waals surface area contributed by atoms with Gasteiger partial charge in [0.1, 0.15) is 11.8 Å². The van der Waals surface area contributed by atoms with E-state index in [2.05, 4.69) is 0 Å². The molecule has 0 amide bonds. The molecule has 3 fully saturated rings. The van der Waals surface area contributed by atoms with Crippen LogP contribution < -0.4 is 0 Å². The van der Waals surface area contributed by atoms with E-state index >= 15 is 0 Å². The van der Waals surface area contributed by atoms with Gasteiger partial charge in [-0.15, -0.1) is 0 Å². The minimum atomic E-state index is -7.50. The lowest BCUT2D eigenvalue weighted by atomic mass is 9.64. The van der Waals surface area contributed by atoms with Crippen molar-refractivity contribution < 1.29 is 79.0 Å². The molecule has 0 bridgehead atoms. The quantitative estimate of drug-likeness (QED) is 0.346. The van der Waals surface area contributed by atoms with E-state index < -0.39 is 77.0 Å². The summed E-state index contributed by atoms with van der Waals surface area (Å²) >= 11 is 0. The number of fused-ring (bicyclic) bond motifs is 3. The molecule has 31 heavy (non-hydrogen) atoms. The maximum absolute atomic E-state index is 14.3. The van der Waals surface area contributed by atoms with E-state index in [4.69, 9.17) is 0 Å². The number of alkyl halides is 18. The highest BCUT2D eigenvalue weighted by atomic mass is 19.4. The third kappa shape index (κ3) is 2.02. The van der Waals surface area contributed by atoms with Crippen LogP contribution in [0.4, 0.5) is 79.0 Å². The Morgan fingerprint density at radius 3 is 0.710 bits per heavy atom. The molecular formula is C13H4F18. The van der Waals surface area contributed by atoms with Crippen LogP contribution in [0.15, 0.2) is 0 Å². The smallest absolute Gasteiger partial charge is 0.206 e. The molecule has 0 N–H and O–H groups in total. The fourth-order valence-corrected chi connectivity index (χ4v) is 4.54. The SMILES string of the molecule is FC1(F)C2C(C3C1C(F)(F)C(F)(F)C(F)(F)C3(F)F)C(F)(F)C(F)(F)C(F)(F)C2(F)F. The molecule has 182 valence electrons. The highest BCUT2D eigenvalue weighted by Gasteiger charge is 3.02. The maximum Gasteiger partial charge on any atom is 0.378 e. The second kappa shape index (κ2) is 5.28. The summed E-state index contributed by atoms with van der Waals surface area (Å²) in [6, 6.07) is 0. The highest BCUT2D eigenvalue weighted by Crippen LogP contribution is 2.80. The van der Waals surface area contributed by atoms with E-state index in [0.29, 0.717) is 0 Å². The van der Waals surface area contributed by atoms with Crippen LogP contribution in [0.5, 0.6) is 0 Å². The molecule has 3 aliphatic rings. The summed E-state index contributed by atoms with van der Waals surface area (Å²) in [6.07, 6.45) is 0. The molecule has 0 aromatic carbocycles. The monoisotopic (exact) mass is 502 g/mol. The van der Waals surface area contributed by atoms with E-state index in [9.17, 15) is 79.0 Å². The molecule has 3 saturated carbocycles. The van der Waals surface area contributed by atoms with Crippen LogP contribution in [-0.4, -0.2) is 53.3 Å². The summed E-state index contributed by atoms with van der Waals surface area (Å²) in [7, 11) is 0. The topological polar surface area (TPSA) is 0 Å². The zero-order valence-electron chi connectivity index (χ0n) is 13.6. The summed E-state index contributed by atoms with van der Waals surface area (Å²) in [5.41, 5.74) is 0. The minimum absolute atomic E-state index is 5.38. The maximum atomic E-state index is 14.3. The largest absolute Gasteiger partial charge is 0.378 e. The molecule has 0 spiro atoms. The molecule has 0 aliphatic heterocycles. The van der Waals surface area contributed by atoms with Crippen LogP contribution in [0.25, 0.3) is 0 Å².